The largest absolute Gasteiger partial charge is 0.586 e. The summed E-state index contributed by atoms with van der Waals surface area (Å²) < 4.78 is 46.4. The molecule has 0 fully saturated rings. The fraction of sp³-hybridized carbons (Fsp3) is 0.261. The van der Waals surface area contributed by atoms with Gasteiger partial charge in [-0.1, -0.05) is 6.07 Å². The van der Waals surface area contributed by atoms with Crippen molar-refractivity contribution in [3.8, 4) is 27.8 Å². The van der Waals surface area contributed by atoms with Gasteiger partial charge in [-0.15, -0.1) is 20.1 Å². The molecule has 0 unspecified atom stereocenters. The van der Waals surface area contributed by atoms with Crippen LogP contribution in [0.1, 0.15) is 29.8 Å². The number of nitrogens with one attached hydrogen (secondary N) is 1. The first-order chi connectivity index (χ1) is 16.2. The summed E-state index contributed by atoms with van der Waals surface area (Å²) in [4.78, 5) is 30.4. The number of pyridine rings is 1. The lowest BCUT2D eigenvalue weighted by Crippen LogP contribution is -2.39. The van der Waals surface area contributed by atoms with Gasteiger partial charge < -0.3 is 24.3 Å². The van der Waals surface area contributed by atoms with E-state index in [1.165, 1.54) is 23.5 Å². The number of nitrogens with zero attached hydrogens (tertiary/aromatic N) is 1. The minimum atomic E-state index is -3.77. The van der Waals surface area contributed by atoms with E-state index in [1.807, 2.05) is 0 Å². The van der Waals surface area contributed by atoms with Crippen LogP contribution in [0.2, 0.25) is 0 Å². The van der Waals surface area contributed by atoms with E-state index in [4.69, 9.17) is 9.47 Å². The number of carbonyl (C=O) groups excluding carboxylic acids is 2. The Balaban J connectivity index is 1.37. The molecule has 0 bridgehead atoms. The molecule has 3 aromatic rings. The number of rotatable bonds is 5. The van der Waals surface area contributed by atoms with Crippen LogP contribution in [0.15, 0.2) is 41.8 Å². The van der Waals surface area contributed by atoms with Crippen LogP contribution in [0.5, 0.6) is 17.2 Å². The molecular formula is C23H18F2N2O6S. The van der Waals surface area contributed by atoms with Crippen molar-refractivity contribution < 1.29 is 37.3 Å². The molecule has 0 spiro atoms. The van der Waals surface area contributed by atoms with Crippen LogP contribution in [0.3, 0.4) is 0 Å². The van der Waals surface area contributed by atoms with Crippen molar-refractivity contribution in [3.05, 3.63) is 52.9 Å². The number of thiophene rings is 1. The molecule has 1 N–H and O–H groups in total. The second kappa shape index (κ2) is 7.94. The molecule has 1 amide bonds. The van der Waals surface area contributed by atoms with E-state index in [9.17, 15) is 18.4 Å². The molecule has 176 valence electrons. The summed E-state index contributed by atoms with van der Waals surface area (Å²) in [6.45, 7) is 3.65. The normalized spacial score (nSPS) is 19.3. The maximum Gasteiger partial charge on any atom is 0.586 e. The molecule has 0 radical (unpaired) electrons. The molecule has 2 aliphatic heterocycles. The fourth-order valence-electron chi connectivity index (χ4n) is 3.70. The van der Waals surface area contributed by atoms with Crippen molar-refractivity contribution in [3.63, 3.8) is 0 Å². The zero-order valence-electron chi connectivity index (χ0n) is 18.0. The zero-order valence-corrected chi connectivity index (χ0v) is 18.8. The van der Waals surface area contributed by atoms with E-state index in [-0.39, 0.29) is 36.3 Å². The Morgan fingerprint density at radius 1 is 1.18 bits per heavy atom. The van der Waals surface area contributed by atoms with Gasteiger partial charge >= 0.3 is 12.3 Å². The number of fused-ring (bicyclic) bond motifs is 2. The number of aromatic nitrogens is 1. The maximum absolute atomic E-state index is 13.4. The van der Waals surface area contributed by atoms with Gasteiger partial charge in [0.25, 0.3) is 0 Å². The minimum absolute atomic E-state index is 0.000961. The highest BCUT2D eigenvalue weighted by Crippen LogP contribution is 2.50. The van der Waals surface area contributed by atoms with Gasteiger partial charge in [-0.25, -0.2) is 9.78 Å². The monoisotopic (exact) mass is 488 g/mol. The third-order valence-corrected chi connectivity index (χ3v) is 6.42. The Kier molecular flexibility index (Phi) is 5.16. The average molecular weight is 488 g/mol. The summed E-state index contributed by atoms with van der Waals surface area (Å²) in [5, 5.41) is 4.45. The van der Waals surface area contributed by atoms with Crippen LogP contribution < -0.4 is 19.5 Å². The number of ether oxygens (including phenoxy) is 4. The van der Waals surface area contributed by atoms with Crippen LogP contribution in [0, 0.1) is 0 Å². The molecule has 1 atom stereocenters. The first kappa shape index (κ1) is 22.1. The van der Waals surface area contributed by atoms with E-state index >= 15 is 0 Å². The van der Waals surface area contributed by atoms with Gasteiger partial charge in [0.1, 0.15) is 23.6 Å². The Morgan fingerprint density at radius 2 is 1.94 bits per heavy atom. The maximum atomic E-state index is 13.4. The number of benzene rings is 1. The summed E-state index contributed by atoms with van der Waals surface area (Å²) in [6.07, 6.45) is -3.77. The highest BCUT2D eigenvalue weighted by Gasteiger charge is 2.49. The van der Waals surface area contributed by atoms with Gasteiger partial charge in [-0.3, -0.25) is 4.79 Å². The average Bonchev–Trinajstić information content (AvgIpc) is 3.48. The summed E-state index contributed by atoms with van der Waals surface area (Å²) in [6, 6.07) is 9.42. The van der Waals surface area contributed by atoms with E-state index < -0.39 is 23.6 Å². The number of hydrogen-bond donors (Lipinski definition) is 1. The van der Waals surface area contributed by atoms with Gasteiger partial charge in [0.15, 0.2) is 11.5 Å². The predicted molar refractivity (Wildman–Crippen MR) is 118 cm³/mol. The topological polar surface area (TPSA) is 96.0 Å². The van der Waals surface area contributed by atoms with E-state index in [2.05, 4.69) is 19.8 Å². The minimum Gasteiger partial charge on any atom is -0.492 e. The molecule has 0 aliphatic carbocycles. The van der Waals surface area contributed by atoms with Gasteiger partial charge in [0, 0.05) is 17.0 Å². The van der Waals surface area contributed by atoms with Crippen molar-refractivity contribution in [1.82, 2.24) is 4.98 Å². The lowest BCUT2D eigenvalue weighted by atomic mass is 9.83. The lowest BCUT2D eigenvalue weighted by molar-refractivity contribution is -0.286. The van der Waals surface area contributed by atoms with Gasteiger partial charge in [0.05, 0.1) is 22.7 Å². The van der Waals surface area contributed by atoms with Crippen molar-refractivity contribution in [2.75, 3.05) is 18.5 Å². The van der Waals surface area contributed by atoms with Gasteiger partial charge in [-0.2, -0.15) is 0 Å². The SMILES string of the molecule is CCOC(=O)c1csc(-c2cccc(NC(=O)[C@@]3(C)COc4cc5c(cc43)OC(F)(F)O5)n2)c1. The molecular weight excluding hydrogens is 470 g/mol. The summed E-state index contributed by atoms with van der Waals surface area (Å²) in [7, 11) is 0. The summed E-state index contributed by atoms with van der Waals surface area (Å²) in [5.74, 6) is -0.606. The van der Waals surface area contributed by atoms with E-state index in [0.29, 0.717) is 16.8 Å². The van der Waals surface area contributed by atoms with Crippen LogP contribution in [-0.4, -0.2) is 36.4 Å². The van der Waals surface area contributed by atoms with Crippen LogP contribution in [0.25, 0.3) is 10.6 Å². The molecule has 0 saturated heterocycles. The van der Waals surface area contributed by atoms with Gasteiger partial charge in [-0.05, 0) is 38.1 Å². The number of halogens is 2. The van der Waals surface area contributed by atoms with Crippen molar-refractivity contribution in [2.45, 2.75) is 25.6 Å². The van der Waals surface area contributed by atoms with Crippen LogP contribution in [-0.2, 0) is 14.9 Å². The number of anilines is 1. The Bertz CT molecular complexity index is 1310. The molecule has 1 aromatic carbocycles. The van der Waals surface area contributed by atoms with Crippen LogP contribution >= 0.6 is 11.3 Å². The summed E-state index contributed by atoms with van der Waals surface area (Å²) >= 11 is 1.33. The summed E-state index contributed by atoms with van der Waals surface area (Å²) in [5.41, 5.74) is 0.217. The Labute approximate surface area is 196 Å². The van der Waals surface area contributed by atoms with Crippen LogP contribution in [0.4, 0.5) is 14.6 Å². The second-order valence-electron chi connectivity index (χ2n) is 7.87. The molecule has 34 heavy (non-hydrogen) atoms. The van der Waals surface area contributed by atoms with E-state index in [0.717, 1.165) is 4.88 Å². The van der Waals surface area contributed by atoms with Crippen molar-refractivity contribution in [1.29, 1.82) is 0 Å². The fourth-order valence-corrected chi connectivity index (χ4v) is 4.55. The molecule has 2 aromatic heterocycles. The highest BCUT2D eigenvalue weighted by molar-refractivity contribution is 7.13. The molecule has 5 rings (SSSR count). The second-order valence-corrected chi connectivity index (χ2v) is 8.78. The standard InChI is InChI=1S/C23H18F2N2O6S/c1-3-30-20(28)12-7-18(34-10-12)14-5-4-6-19(26-14)27-21(29)22(2)11-31-15-9-17-16(8-13(15)22)32-23(24,25)33-17/h4-10H,3,11H2,1-2H3,(H,26,27,29)/t22-/m0/s1. The predicted octanol–water partition coefficient (Wildman–Crippen LogP) is 4.60. The zero-order chi connectivity index (χ0) is 24.1. The highest BCUT2D eigenvalue weighted by atomic mass is 32.1. The third-order valence-electron chi connectivity index (χ3n) is 5.47. The molecule has 2 aliphatic rings. The molecule has 0 saturated carbocycles. The van der Waals surface area contributed by atoms with E-state index in [1.54, 1.807) is 43.5 Å². The molecule has 11 heteroatoms. The lowest BCUT2D eigenvalue weighted by Gasteiger charge is -2.21. The number of carbonyl (C=O) groups is 2. The number of alkyl halides is 2. The Hall–Kier alpha value is -3.73. The molecule has 8 nitrogen and oxygen atoms in total. The Morgan fingerprint density at radius 3 is 2.71 bits per heavy atom. The van der Waals surface area contributed by atoms with Gasteiger partial charge in [0.2, 0.25) is 5.91 Å². The smallest absolute Gasteiger partial charge is 0.492 e. The number of amides is 1. The number of esters is 1. The quantitative estimate of drug-likeness (QED) is 0.525. The third kappa shape index (κ3) is 3.81. The molecule has 4 heterocycles. The first-order valence-corrected chi connectivity index (χ1v) is 11.2. The number of hydrogen-bond acceptors (Lipinski definition) is 8. The first-order valence-electron chi connectivity index (χ1n) is 10.3. The van der Waals surface area contributed by atoms with Crippen molar-refractivity contribution in [2.24, 2.45) is 0 Å². The van der Waals surface area contributed by atoms with Crippen molar-refractivity contribution >= 4 is 29.0 Å².